The molecule has 0 aliphatic carbocycles. The van der Waals surface area contributed by atoms with Crippen LogP contribution in [-0.4, -0.2) is 37.4 Å². The minimum absolute atomic E-state index is 0.0411. The third kappa shape index (κ3) is 6.03. The molecule has 0 aliphatic rings. The highest BCUT2D eigenvalue weighted by molar-refractivity contribution is 5.69. The minimum atomic E-state index is -0.682. The summed E-state index contributed by atoms with van der Waals surface area (Å²) in [6.45, 7) is 12.2. The number of rotatable bonds is 6. The molecule has 1 atom stereocenters. The van der Waals surface area contributed by atoms with Gasteiger partial charge in [0.05, 0.1) is 19.6 Å². The van der Waals surface area contributed by atoms with Crippen LogP contribution in [0.1, 0.15) is 41.0 Å². The lowest BCUT2D eigenvalue weighted by Gasteiger charge is -2.39. The zero-order valence-corrected chi connectivity index (χ0v) is 12.0. The number of carbonyl (C=O) groups is 1. The van der Waals surface area contributed by atoms with Crippen molar-refractivity contribution < 1.29 is 14.6 Å². The molecule has 4 nitrogen and oxygen atoms in total. The Morgan fingerprint density at radius 1 is 1.29 bits per heavy atom. The summed E-state index contributed by atoms with van der Waals surface area (Å²) in [5.41, 5.74) is 0.311. The van der Waals surface area contributed by atoms with E-state index in [2.05, 4.69) is 44.7 Å². The van der Waals surface area contributed by atoms with E-state index in [9.17, 15) is 9.90 Å². The minimum Gasteiger partial charge on any atom is -0.469 e. The van der Waals surface area contributed by atoms with Crippen LogP contribution in [0.15, 0.2) is 0 Å². The molecule has 0 radical (unpaired) electrons. The van der Waals surface area contributed by atoms with E-state index in [1.54, 1.807) is 0 Å². The van der Waals surface area contributed by atoms with Gasteiger partial charge in [-0.2, -0.15) is 0 Å². The average Bonchev–Trinajstić information content (AvgIpc) is 2.15. The Labute approximate surface area is 105 Å². The fraction of sp³-hybridized carbons (Fsp3) is 0.923. The smallest absolute Gasteiger partial charge is 0.308 e. The number of aliphatic hydroxyl groups is 1. The molecule has 0 fully saturated rings. The van der Waals surface area contributed by atoms with Crippen molar-refractivity contribution in [2.45, 2.75) is 47.1 Å². The van der Waals surface area contributed by atoms with Crippen molar-refractivity contribution in [1.29, 1.82) is 0 Å². The van der Waals surface area contributed by atoms with Gasteiger partial charge in [0.25, 0.3) is 0 Å². The topological polar surface area (TPSA) is 58.6 Å². The number of hydrogen-bond donors (Lipinski definition) is 2. The Bertz CT molecular complexity index is 244. The van der Waals surface area contributed by atoms with E-state index in [1.807, 2.05) is 0 Å². The molecule has 0 aromatic heterocycles. The average molecular weight is 245 g/mol. The molecule has 17 heavy (non-hydrogen) atoms. The molecule has 0 spiro atoms. The van der Waals surface area contributed by atoms with Crippen LogP contribution in [-0.2, 0) is 9.53 Å². The highest BCUT2D eigenvalue weighted by Gasteiger charge is 2.32. The van der Waals surface area contributed by atoms with Gasteiger partial charge >= 0.3 is 5.97 Å². The lowest BCUT2D eigenvalue weighted by molar-refractivity contribution is -0.142. The van der Waals surface area contributed by atoms with E-state index in [0.29, 0.717) is 6.54 Å². The summed E-state index contributed by atoms with van der Waals surface area (Å²) in [4.78, 5) is 10.9. The summed E-state index contributed by atoms with van der Waals surface area (Å²) in [5, 5.41) is 12.8. The van der Waals surface area contributed by atoms with Crippen LogP contribution in [0.25, 0.3) is 0 Å². The number of aliphatic hydroxyl groups excluding tert-OH is 1. The number of hydrogen-bond acceptors (Lipinski definition) is 4. The number of methoxy groups -OCH3 is 1. The van der Waals surface area contributed by atoms with E-state index in [0.717, 1.165) is 6.54 Å². The summed E-state index contributed by atoms with van der Waals surface area (Å²) >= 11 is 0. The second kappa shape index (κ2) is 6.36. The molecule has 4 heteroatoms. The van der Waals surface area contributed by atoms with Crippen molar-refractivity contribution in [3.63, 3.8) is 0 Å². The molecule has 0 saturated heterocycles. The first kappa shape index (κ1) is 16.4. The molecule has 0 rings (SSSR count). The zero-order valence-electron chi connectivity index (χ0n) is 12.0. The van der Waals surface area contributed by atoms with Crippen molar-refractivity contribution in [2.24, 2.45) is 10.8 Å². The Balaban J connectivity index is 3.95. The third-order valence-corrected chi connectivity index (χ3v) is 3.61. The van der Waals surface area contributed by atoms with Gasteiger partial charge in [0.1, 0.15) is 0 Å². The summed E-state index contributed by atoms with van der Waals surface area (Å²) in [5.74, 6) is -0.380. The van der Waals surface area contributed by atoms with Gasteiger partial charge in [0.2, 0.25) is 0 Å². The van der Waals surface area contributed by atoms with Gasteiger partial charge in [0.15, 0.2) is 0 Å². The van der Waals surface area contributed by atoms with Crippen LogP contribution in [0.3, 0.4) is 0 Å². The van der Waals surface area contributed by atoms with Crippen molar-refractivity contribution in [3.8, 4) is 0 Å². The Hall–Kier alpha value is -0.610. The second-order valence-corrected chi connectivity index (χ2v) is 6.20. The molecule has 0 saturated carbocycles. The summed E-state index contributed by atoms with van der Waals surface area (Å²) < 4.78 is 4.50. The third-order valence-electron chi connectivity index (χ3n) is 3.61. The SMILES string of the molecule is COC(=O)CC(O)CNCC(C)(C)C(C)(C)C. The molecule has 1 unspecified atom stereocenters. The van der Waals surface area contributed by atoms with Crippen LogP contribution in [0.2, 0.25) is 0 Å². The Morgan fingerprint density at radius 3 is 2.24 bits per heavy atom. The van der Waals surface area contributed by atoms with E-state index in [1.165, 1.54) is 7.11 Å². The molecule has 102 valence electrons. The first-order valence-corrected chi connectivity index (χ1v) is 6.06. The Kier molecular flexibility index (Phi) is 6.13. The van der Waals surface area contributed by atoms with Crippen LogP contribution in [0.4, 0.5) is 0 Å². The maximum absolute atomic E-state index is 10.9. The monoisotopic (exact) mass is 245 g/mol. The van der Waals surface area contributed by atoms with E-state index >= 15 is 0 Å². The van der Waals surface area contributed by atoms with Crippen LogP contribution in [0.5, 0.6) is 0 Å². The molecular weight excluding hydrogens is 218 g/mol. The Morgan fingerprint density at radius 2 is 1.82 bits per heavy atom. The maximum atomic E-state index is 10.9. The normalized spacial score (nSPS) is 14.5. The number of carbonyl (C=O) groups excluding carboxylic acids is 1. The first-order valence-electron chi connectivity index (χ1n) is 6.06. The maximum Gasteiger partial charge on any atom is 0.308 e. The van der Waals surface area contributed by atoms with E-state index in [4.69, 9.17) is 0 Å². The van der Waals surface area contributed by atoms with Crippen molar-refractivity contribution in [2.75, 3.05) is 20.2 Å². The van der Waals surface area contributed by atoms with E-state index < -0.39 is 6.10 Å². The van der Waals surface area contributed by atoms with Crippen molar-refractivity contribution >= 4 is 5.97 Å². The van der Waals surface area contributed by atoms with Gasteiger partial charge in [-0.05, 0) is 10.8 Å². The lowest BCUT2D eigenvalue weighted by Crippen LogP contribution is -2.42. The molecule has 2 N–H and O–H groups in total. The fourth-order valence-corrected chi connectivity index (χ4v) is 1.16. The molecular formula is C13H27NO3. The van der Waals surface area contributed by atoms with Gasteiger partial charge in [0, 0.05) is 13.1 Å². The highest BCUT2D eigenvalue weighted by Crippen LogP contribution is 2.36. The quantitative estimate of drug-likeness (QED) is 0.697. The van der Waals surface area contributed by atoms with Gasteiger partial charge in [-0.3, -0.25) is 4.79 Å². The molecule has 0 bridgehead atoms. The first-order chi connectivity index (χ1) is 7.60. The van der Waals surface area contributed by atoms with Gasteiger partial charge in [-0.25, -0.2) is 0 Å². The van der Waals surface area contributed by atoms with Gasteiger partial charge < -0.3 is 15.2 Å². The molecule has 0 aliphatic heterocycles. The van der Waals surface area contributed by atoms with Crippen LogP contribution in [0, 0.1) is 10.8 Å². The van der Waals surface area contributed by atoms with Gasteiger partial charge in [-0.1, -0.05) is 34.6 Å². The lowest BCUT2D eigenvalue weighted by atomic mass is 9.69. The summed E-state index contributed by atoms with van der Waals surface area (Å²) in [7, 11) is 1.32. The van der Waals surface area contributed by atoms with E-state index in [-0.39, 0.29) is 23.2 Å². The largest absolute Gasteiger partial charge is 0.469 e. The second-order valence-electron chi connectivity index (χ2n) is 6.20. The van der Waals surface area contributed by atoms with Crippen molar-refractivity contribution in [1.82, 2.24) is 5.32 Å². The fourth-order valence-electron chi connectivity index (χ4n) is 1.16. The predicted octanol–water partition coefficient (Wildman–Crippen LogP) is 1.57. The van der Waals surface area contributed by atoms with Gasteiger partial charge in [-0.15, -0.1) is 0 Å². The number of ether oxygens (including phenoxy) is 1. The highest BCUT2D eigenvalue weighted by atomic mass is 16.5. The summed E-state index contributed by atoms with van der Waals surface area (Å²) in [6, 6.07) is 0. The summed E-state index contributed by atoms with van der Waals surface area (Å²) in [6.07, 6.45) is -0.641. The predicted molar refractivity (Wildman–Crippen MR) is 68.7 cm³/mol. The molecule has 0 heterocycles. The number of nitrogens with one attached hydrogen (secondary N) is 1. The zero-order chi connectivity index (χ0) is 13.7. The molecule has 0 amide bonds. The standard InChI is InChI=1S/C13H27NO3/c1-12(2,3)13(4,5)9-14-8-10(15)7-11(16)17-6/h10,14-15H,7-9H2,1-6H3. The molecule has 0 aromatic rings. The van der Waals surface area contributed by atoms with Crippen molar-refractivity contribution in [3.05, 3.63) is 0 Å². The molecule has 0 aromatic carbocycles. The van der Waals surface area contributed by atoms with Crippen LogP contribution < -0.4 is 5.32 Å². The van der Waals surface area contributed by atoms with Crippen LogP contribution >= 0.6 is 0 Å². The number of esters is 1.